The molecule has 3 heteroatoms. The molecule has 0 amide bonds. The van der Waals surface area contributed by atoms with Crippen molar-refractivity contribution in [1.82, 2.24) is 0 Å². The van der Waals surface area contributed by atoms with Crippen LogP contribution in [0.4, 0.5) is 5.69 Å². The van der Waals surface area contributed by atoms with Gasteiger partial charge in [-0.1, -0.05) is 25.0 Å². The molecule has 0 aromatic heterocycles. The summed E-state index contributed by atoms with van der Waals surface area (Å²) in [4.78, 5) is 11.2. The van der Waals surface area contributed by atoms with Gasteiger partial charge >= 0.3 is 5.97 Å². The zero-order valence-electron chi connectivity index (χ0n) is 10.5. The summed E-state index contributed by atoms with van der Waals surface area (Å²) in [6.45, 7) is 0. The van der Waals surface area contributed by atoms with Gasteiger partial charge in [0.05, 0.1) is 5.41 Å². The molecule has 2 N–H and O–H groups in total. The average molecular weight is 245 g/mol. The number of benzene rings is 1. The zero-order valence-corrected chi connectivity index (χ0v) is 10.5. The maximum Gasteiger partial charge on any atom is 0.314 e. The largest absolute Gasteiger partial charge is 0.481 e. The first-order chi connectivity index (χ1) is 8.71. The van der Waals surface area contributed by atoms with Crippen LogP contribution in [0.15, 0.2) is 24.3 Å². The first-order valence-corrected chi connectivity index (χ1v) is 6.81. The highest BCUT2D eigenvalue weighted by Gasteiger charge is 2.51. The SMILES string of the molecule is O=C(O)C1(c2ccc(NC3CCCC3)cc2)CC1. The molecule has 1 aromatic carbocycles. The Kier molecular flexibility index (Phi) is 2.77. The molecule has 0 unspecified atom stereocenters. The molecule has 0 bridgehead atoms. The van der Waals surface area contributed by atoms with Crippen molar-refractivity contribution < 1.29 is 9.90 Å². The van der Waals surface area contributed by atoms with Gasteiger partial charge in [0.15, 0.2) is 0 Å². The third-order valence-electron chi connectivity index (χ3n) is 4.32. The Morgan fingerprint density at radius 3 is 2.28 bits per heavy atom. The van der Waals surface area contributed by atoms with Crippen molar-refractivity contribution in [1.29, 1.82) is 0 Å². The minimum atomic E-state index is -0.681. The van der Waals surface area contributed by atoms with E-state index in [0.29, 0.717) is 6.04 Å². The number of hydrogen-bond donors (Lipinski definition) is 2. The molecule has 2 fully saturated rings. The van der Waals surface area contributed by atoms with Crippen molar-refractivity contribution in [2.24, 2.45) is 0 Å². The van der Waals surface area contributed by atoms with E-state index in [4.69, 9.17) is 0 Å². The highest BCUT2D eigenvalue weighted by atomic mass is 16.4. The van der Waals surface area contributed by atoms with Crippen LogP contribution < -0.4 is 5.32 Å². The molecule has 2 aliphatic carbocycles. The Morgan fingerprint density at radius 2 is 1.78 bits per heavy atom. The van der Waals surface area contributed by atoms with E-state index in [0.717, 1.165) is 24.1 Å². The van der Waals surface area contributed by atoms with Crippen molar-refractivity contribution in [3.8, 4) is 0 Å². The number of nitrogens with one attached hydrogen (secondary N) is 1. The lowest BCUT2D eigenvalue weighted by atomic mass is 9.96. The predicted molar refractivity (Wildman–Crippen MR) is 70.9 cm³/mol. The lowest BCUT2D eigenvalue weighted by Crippen LogP contribution is -2.19. The van der Waals surface area contributed by atoms with Crippen LogP contribution >= 0.6 is 0 Å². The van der Waals surface area contributed by atoms with Gasteiger partial charge in [-0.25, -0.2) is 0 Å². The zero-order chi connectivity index (χ0) is 12.6. The van der Waals surface area contributed by atoms with E-state index in [9.17, 15) is 9.90 Å². The van der Waals surface area contributed by atoms with Gasteiger partial charge in [-0.05, 0) is 43.4 Å². The summed E-state index contributed by atoms with van der Waals surface area (Å²) in [6.07, 6.45) is 6.69. The number of aliphatic carboxylic acids is 1. The van der Waals surface area contributed by atoms with Crippen LogP contribution in [0.5, 0.6) is 0 Å². The molecule has 0 saturated heterocycles. The van der Waals surface area contributed by atoms with Crippen LogP contribution in [0.2, 0.25) is 0 Å². The summed E-state index contributed by atoms with van der Waals surface area (Å²) in [5, 5.41) is 12.8. The van der Waals surface area contributed by atoms with E-state index in [-0.39, 0.29) is 0 Å². The van der Waals surface area contributed by atoms with Gasteiger partial charge in [-0.15, -0.1) is 0 Å². The van der Waals surface area contributed by atoms with E-state index in [1.165, 1.54) is 25.7 Å². The molecule has 0 aliphatic heterocycles. The highest BCUT2D eigenvalue weighted by molar-refractivity contribution is 5.85. The van der Waals surface area contributed by atoms with Crippen molar-refractivity contribution in [2.75, 3.05) is 5.32 Å². The summed E-state index contributed by atoms with van der Waals surface area (Å²) >= 11 is 0. The van der Waals surface area contributed by atoms with Gasteiger partial charge in [-0.2, -0.15) is 0 Å². The monoisotopic (exact) mass is 245 g/mol. The van der Waals surface area contributed by atoms with Gasteiger partial charge < -0.3 is 10.4 Å². The van der Waals surface area contributed by atoms with Crippen LogP contribution in [-0.4, -0.2) is 17.1 Å². The highest BCUT2D eigenvalue weighted by Crippen LogP contribution is 2.48. The molecule has 0 radical (unpaired) electrons. The van der Waals surface area contributed by atoms with Gasteiger partial charge in [0.25, 0.3) is 0 Å². The minimum Gasteiger partial charge on any atom is -0.481 e. The molecule has 96 valence electrons. The third kappa shape index (κ3) is 1.98. The average Bonchev–Trinajstić information content (AvgIpc) is 3.04. The second-order valence-electron chi connectivity index (χ2n) is 5.59. The predicted octanol–water partition coefficient (Wildman–Crippen LogP) is 3.16. The molecule has 3 nitrogen and oxygen atoms in total. The summed E-state index contributed by atoms with van der Waals surface area (Å²) in [5.41, 5.74) is 1.49. The number of anilines is 1. The fraction of sp³-hybridized carbons (Fsp3) is 0.533. The Bertz CT molecular complexity index is 442. The maximum atomic E-state index is 11.2. The van der Waals surface area contributed by atoms with Crippen LogP contribution in [-0.2, 0) is 10.2 Å². The van der Waals surface area contributed by atoms with E-state index < -0.39 is 11.4 Å². The number of carboxylic acid groups (broad SMARTS) is 1. The Balaban J connectivity index is 1.71. The number of hydrogen-bond acceptors (Lipinski definition) is 2. The Morgan fingerprint density at radius 1 is 1.17 bits per heavy atom. The van der Waals surface area contributed by atoms with Crippen molar-refractivity contribution in [2.45, 2.75) is 50.0 Å². The van der Waals surface area contributed by atoms with Gasteiger partial charge in [0, 0.05) is 11.7 Å². The molecule has 2 saturated carbocycles. The second kappa shape index (κ2) is 4.30. The normalized spacial score (nSPS) is 21.8. The van der Waals surface area contributed by atoms with Gasteiger partial charge in [0.2, 0.25) is 0 Å². The fourth-order valence-electron chi connectivity index (χ4n) is 2.94. The topological polar surface area (TPSA) is 49.3 Å². The van der Waals surface area contributed by atoms with Gasteiger partial charge in [0.1, 0.15) is 0 Å². The van der Waals surface area contributed by atoms with Crippen LogP contribution in [0, 0.1) is 0 Å². The Labute approximate surface area is 107 Å². The van der Waals surface area contributed by atoms with Crippen LogP contribution in [0.1, 0.15) is 44.1 Å². The lowest BCUT2D eigenvalue weighted by Gasteiger charge is -2.15. The Hall–Kier alpha value is -1.51. The molecule has 0 heterocycles. The third-order valence-corrected chi connectivity index (χ3v) is 4.32. The summed E-state index contributed by atoms with van der Waals surface area (Å²) in [5.74, 6) is -0.681. The molecule has 3 rings (SSSR count). The smallest absolute Gasteiger partial charge is 0.314 e. The van der Waals surface area contributed by atoms with Crippen molar-refractivity contribution >= 4 is 11.7 Å². The second-order valence-corrected chi connectivity index (χ2v) is 5.59. The van der Waals surface area contributed by atoms with Crippen LogP contribution in [0.25, 0.3) is 0 Å². The minimum absolute atomic E-state index is 0.577. The first-order valence-electron chi connectivity index (χ1n) is 6.81. The summed E-state index contributed by atoms with van der Waals surface area (Å²) < 4.78 is 0. The molecule has 0 spiro atoms. The quantitative estimate of drug-likeness (QED) is 0.856. The van der Waals surface area contributed by atoms with Crippen LogP contribution in [0.3, 0.4) is 0 Å². The number of carboxylic acids is 1. The summed E-state index contributed by atoms with van der Waals surface area (Å²) in [7, 11) is 0. The molecule has 18 heavy (non-hydrogen) atoms. The van der Waals surface area contributed by atoms with E-state index in [1.54, 1.807) is 0 Å². The fourth-order valence-corrected chi connectivity index (χ4v) is 2.94. The first kappa shape index (κ1) is 11.6. The molecule has 0 atom stereocenters. The number of rotatable bonds is 4. The van der Waals surface area contributed by atoms with E-state index in [1.807, 2.05) is 24.3 Å². The van der Waals surface area contributed by atoms with Crippen molar-refractivity contribution in [3.05, 3.63) is 29.8 Å². The molecule has 1 aromatic rings. The lowest BCUT2D eigenvalue weighted by molar-refractivity contribution is -0.140. The van der Waals surface area contributed by atoms with Crippen molar-refractivity contribution in [3.63, 3.8) is 0 Å². The maximum absolute atomic E-state index is 11.2. The van der Waals surface area contributed by atoms with E-state index >= 15 is 0 Å². The van der Waals surface area contributed by atoms with Gasteiger partial charge in [-0.3, -0.25) is 4.79 Å². The molecule has 2 aliphatic rings. The standard InChI is InChI=1S/C15H19NO2/c17-14(18)15(9-10-15)11-5-7-13(8-6-11)16-12-3-1-2-4-12/h5-8,12,16H,1-4,9-10H2,(H,17,18). The van der Waals surface area contributed by atoms with E-state index in [2.05, 4.69) is 5.32 Å². The number of carbonyl (C=O) groups is 1. The summed E-state index contributed by atoms with van der Waals surface area (Å²) in [6, 6.07) is 8.59. The molecular weight excluding hydrogens is 226 g/mol. The molecular formula is C15H19NO2.